The minimum Gasteiger partial charge on any atom is -0.488 e. The molecule has 0 amide bonds. The van der Waals surface area contributed by atoms with E-state index in [9.17, 15) is 8.78 Å². The SMILES string of the molecule is Cc1cc(-c2nc(-c3ccc(F)c(OCCF)c3)n3c2CCO[C@H](C)C3)cc(C)n1. The standard InChI is InChI=1S/C23H25F2N3O2/c1-14-10-18(11-15(2)26-14)22-20-6-8-29-16(3)13-28(20)23(27-22)17-4-5-19(25)21(12-17)30-9-7-24/h4-5,10-12,16H,6-9,13H2,1-3H3/t16-/m1/s1. The fourth-order valence-electron chi connectivity index (χ4n) is 3.93. The van der Waals surface area contributed by atoms with Crippen molar-refractivity contribution in [1.29, 1.82) is 0 Å². The van der Waals surface area contributed by atoms with Gasteiger partial charge in [-0.1, -0.05) is 0 Å². The van der Waals surface area contributed by atoms with Crippen molar-refractivity contribution in [1.82, 2.24) is 14.5 Å². The summed E-state index contributed by atoms with van der Waals surface area (Å²) in [7, 11) is 0. The van der Waals surface area contributed by atoms with Gasteiger partial charge in [-0.15, -0.1) is 0 Å². The molecule has 0 spiro atoms. The molecule has 4 rings (SSSR count). The molecule has 1 atom stereocenters. The molecule has 0 saturated heterocycles. The number of imidazole rings is 1. The van der Waals surface area contributed by atoms with Crippen LogP contribution in [0.1, 0.15) is 24.0 Å². The number of ether oxygens (including phenoxy) is 2. The molecule has 0 aliphatic carbocycles. The van der Waals surface area contributed by atoms with E-state index in [1.165, 1.54) is 6.07 Å². The molecule has 0 radical (unpaired) electrons. The number of alkyl halides is 1. The highest BCUT2D eigenvalue weighted by Crippen LogP contribution is 2.34. The zero-order chi connectivity index (χ0) is 21.3. The van der Waals surface area contributed by atoms with Crippen LogP contribution in [-0.4, -0.2) is 40.5 Å². The minimum absolute atomic E-state index is 0.0238. The van der Waals surface area contributed by atoms with Gasteiger partial charge in [-0.25, -0.2) is 13.8 Å². The van der Waals surface area contributed by atoms with Crippen molar-refractivity contribution in [2.75, 3.05) is 19.9 Å². The quantitative estimate of drug-likeness (QED) is 0.610. The maximum absolute atomic E-state index is 14.1. The molecule has 158 valence electrons. The number of nitrogens with zero attached hydrogens (tertiary/aromatic N) is 3. The first-order valence-electron chi connectivity index (χ1n) is 10.1. The number of aromatic nitrogens is 3. The molecule has 2 aromatic heterocycles. The molecule has 30 heavy (non-hydrogen) atoms. The lowest BCUT2D eigenvalue weighted by Gasteiger charge is -2.13. The van der Waals surface area contributed by atoms with Gasteiger partial charge in [-0.3, -0.25) is 4.98 Å². The van der Waals surface area contributed by atoms with Gasteiger partial charge in [0.25, 0.3) is 0 Å². The van der Waals surface area contributed by atoms with Crippen LogP contribution in [0.15, 0.2) is 30.3 Å². The molecular formula is C23H25F2N3O2. The summed E-state index contributed by atoms with van der Waals surface area (Å²) in [4.78, 5) is 9.44. The van der Waals surface area contributed by atoms with Gasteiger partial charge in [0, 0.05) is 34.6 Å². The third kappa shape index (κ3) is 4.07. The second-order valence-corrected chi connectivity index (χ2v) is 7.59. The third-order valence-corrected chi connectivity index (χ3v) is 5.13. The van der Waals surface area contributed by atoms with Gasteiger partial charge in [0.1, 0.15) is 19.1 Å². The normalized spacial score (nSPS) is 16.2. The molecule has 0 saturated carbocycles. The van der Waals surface area contributed by atoms with Crippen LogP contribution in [0.4, 0.5) is 8.78 Å². The van der Waals surface area contributed by atoms with Gasteiger partial charge in [0.05, 0.1) is 24.9 Å². The van der Waals surface area contributed by atoms with Crippen LogP contribution in [0, 0.1) is 19.7 Å². The van der Waals surface area contributed by atoms with Crippen LogP contribution < -0.4 is 4.74 Å². The van der Waals surface area contributed by atoms with Crippen LogP contribution in [-0.2, 0) is 17.7 Å². The maximum atomic E-state index is 14.1. The Morgan fingerprint density at radius 2 is 1.90 bits per heavy atom. The van der Waals surface area contributed by atoms with E-state index in [0.29, 0.717) is 18.7 Å². The molecule has 1 aliphatic rings. The number of fused-ring (bicyclic) bond motifs is 1. The third-order valence-electron chi connectivity index (χ3n) is 5.13. The average molecular weight is 413 g/mol. The summed E-state index contributed by atoms with van der Waals surface area (Å²) in [5, 5.41) is 0. The second kappa shape index (κ2) is 8.52. The van der Waals surface area contributed by atoms with Gasteiger partial charge < -0.3 is 14.0 Å². The Morgan fingerprint density at radius 3 is 2.63 bits per heavy atom. The largest absolute Gasteiger partial charge is 0.488 e. The lowest BCUT2D eigenvalue weighted by molar-refractivity contribution is 0.0666. The summed E-state index contributed by atoms with van der Waals surface area (Å²) in [6.07, 6.45) is 0.745. The highest BCUT2D eigenvalue weighted by molar-refractivity contribution is 5.69. The topological polar surface area (TPSA) is 49.2 Å². The maximum Gasteiger partial charge on any atom is 0.165 e. The fourth-order valence-corrected chi connectivity index (χ4v) is 3.93. The molecule has 7 heteroatoms. The van der Waals surface area contributed by atoms with Gasteiger partial charge in [0.2, 0.25) is 0 Å². The van der Waals surface area contributed by atoms with Gasteiger partial charge >= 0.3 is 0 Å². The van der Waals surface area contributed by atoms with Crippen LogP contribution >= 0.6 is 0 Å². The van der Waals surface area contributed by atoms with Crippen molar-refractivity contribution in [2.45, 2.75) is 39.8 Å². The van der Waals surface area contributed by atoms with E-state index in [4.69, 9.17) is 14.5 Å². The number of aryl methyl sites for hydroxylation is 2. The Kier molecular flexibility index (Phi) is 5.81. The number of pyridine rings is 1. The molecule has 1 aromatic carbocycles. The summed E-state index contributed by atoms with van der Waals surface area (Å²) < 4.78 is 39.9. The zero-order valence-corrected chi connectivity index (χ0v) is 17.4. The molecule has 5 nitrogen and oxygen atoms in total. The Balaban J connectivity index is 1.87. The number of hydrogen-bond acceptors (Lipinski definition) is 4. The van der Waals surface area contributed by atoms with E-state index < -0.39 is 12.5 Å². The molecule has 0 unspecified atom stereocenters. The first-order chi connectivity index (χ1) is 14.5. The minimum atomic E-state index is -0.678. The molecule has 1 aliphatic heterocycles. The van der Waals surface area contributed by atoms with Crippen LogP contribution in [0.2, 0.25) is 0 Å². The Morgan fingerprint density at radius 1 is 1.13 bits per heavy atom. The first-order valence-corrected chi connectivity index (χ1v) is 10.1. The smallest absolute Gasteiger partial charge is 0.165 e. The molecule has 0 fully saturated rings. The predicted molar refractivity (Wildman–Crippen MR) is 111 cm³/mol. The summed E-state index contributed by atoms with van der Waals surface area (Å²) >= 11 is 0. The van der Waals surface area contributed by atoms with Crippen LogP contribution in [0.5, 0.6) is 5.75 Å². The number of rotatable bonds is 5. The lowest BCUT2D eigenvalue weighted by Crippen LogP contribution is -2.15. The van der Waals surface area contributed by atoms with Crippen LogP contribution in [0.3, 0.4) is 0 Å². The van der Waals surface area contributed by atoms with Crippen molar-refractivity contribution in [2.24, 2.45) is 0 Å². The van der Waals surface area contributed by atoms with E-state index in [0.717, 1.165) is 40.6 Å². The summed E-state index contributed by atoms with van der Waals surface area (Å²) in [5.74, 6) is 0.222. The van der Waals surface area contributed by atoms with E-state index in [1.807, 2.05) is 32.9 Å². The molecule has 3 aromatic rings. The summed E-state index contributed by atoms with van der Waals surface area (Å²) in [6, 6.07) is 8.65. The van der Waals surface area contributed by atoms with E-state index in [1.54, 1.807) is 12.1 Å². The van der Waals surface area contributed by atoms with Crippen molar-refractivity contribution in [3.8, 4) is 28.4 Å². The Labute approximate surface area is 174 Å². The predicted octanol–water partition coefficient (Wildman–Crippen LogP) is 4.68. The molecule has 0 N–H and O–H groups in total. The highest BCUT2D eigenvalue weighted by Gasteiger charge is 2.24. The number of halogens is 2. The van der Waals surface area contributed by atoms with Gasteiger partial charge in [-0.2, -0.15) is 0 Å². The van der Waals surface area contributed by atoms with Gasteiger partial charge in [-0.05, 0) is 51.1 Å². The zero-order valence-electron chi connectivity index (χ0n) is 17.4. The second-order valence-electron chi connectivity index (χ2n) is 7.59. The van der Waals surface area contributed by atoms with Crippen molar-refractivity contribution in [3.63, 3.8) is 0 Å². The van der Waals surface area contributed by atoms with Crippen molar-refractivity contribution in [3.05, 3.63) is 53.2 Å². The van der Waals surface area contributed by atoms with Crippen molar-refractivity contribution < 1.29 is 18.3 Å². The highest BCUT2D eigenvalue weighted by atomic mass is 19.1. The first kappa shape index (κ1) is 20.5. The van der Waals surface area contributed by atoms with E-state index in [-0.39, 0.29) is 18.5 Å². The Hall–Kier alpha value is -2.80. The molecule has 0 bridgehead atoms. The average Bonchev–Trinajstić information content (AvgIpc) is 2.93. The Bertz CT molecular complexity index is 1040. The summed E-state index contributed by atoms with van der Waals surface area (Å²) in [5.41, 5.74) is 5.53. The van der Waals surface area contributed by atoms with Crippen molar-refractivity contribution >= 4 is 0 Å². The lowest BCUT2D eigenvalue weighted by atomic mass is 10.1. The molecular weight excluding hydrogens is 388 g/mol. The van der Waals surface area contributed by atoms with E-state index in [2.05, 4.69) is 9.55 Å². The molecule has 3 heterocycles. The number of benzene rings is 1. The number of hydrogen-bond donors (Lipinski definition) is 0. The van der Waals surface area contributed by atoms with Crippen LogP contribution in [0.25, 0.3) is 22.6 Å². The van der Waals surface area contributed by atoms with E-state index >= 15 is 0 Å². The summed E-state index contributed by atoms with van der Waals surface area (Å²) in [6.45, 7) is 6.33. The fraction of sp³-hybridized carbons (Fsp3) is 0.391. The monoisotopic (exact) mass is 413 g/mol. The van der Waals surface area contributed by atoms with Gasteiger partial charge in [0.15, 0.2) is 11.6 Å².